The number of benzene rings is 1. The molecule has 2 N–H and O–H groups in total. The Kier molecular flexibility index (Phi) is 6.23. The summed E-state index contributed by atoms with van der Waals surface area (Å²) < 4.78 is 0. The van der Waals surface area contributed by atoms with Gasteiger partial charge in [0.05, 0.1) is 6.10 Å². The highest BCUT2D eigenvalue weighted by Gasteiger charge is 2.17. The number of hydrogen-bond donors (Lipinski definition) is 2. The maximum atomic E-state index is 10.3. The van der Waals surface area contributed by atoms with Crippen LogP contribution < -0.4 is 5.32 Å². The van der Waals surface area contributed by atoms with Crippen molar-refractivity contribution < 1.29 is 5.11 Å². The van der Waals surface area contributed by atoms with Crippen LogP contribution in [0.2, 0.25) is 0 Å². The molecule has 0 aliphatic heterocycles. The maximum Gasteiger partial charge on any atom is 0.0942 e. The second kappa shape index (κ2) is 7.46. The monoisotopic (exact) mass is 235 g/mol. The standard InChI is InChI=1S/C15H25NO/c1-4-6-11-16-14(5-2)15(17)13-9-7-12(3)8-10-13/h7-10,14-17H,4-6,11H2,1-3H3. The van der Waals surface area contributed by atoms with Crippen LogP contribution >= 0.6 is 0 Å². The average Bonchev–Trinajstić information content (AvgIpc) is 2.35. The van der Waals surface area contributed by atoms with Crippen molar-refractivity contribution in [1.82, 2.24) is 5.32 Å². The molecular formula is C15H25NO. The molecule has 0 aliphatic rings. The van der Waals surface area contributed by atoms with E-state index in [1.165, 1.54) is 12.0 Å². The molecule has 17 heavy (non-hydrogen) atoms. The van der Waals surface area contributed by atoms with E-state index in [2.05, 4.69) is 38.2 Å². The van der Waals surface area contributed by atoms with E-state index in [1.807, 2.05) is 12.1 Å². The van der Waals surface area contributed by atoms with E-state index < -0.39 is 6.10 Å². The molecule has 0 saturated carbocycles. The zero-order valence-electron chi connectivity index (χ0n) is 11.2. The van der Waals surface area contributed by atoms with Crippen LogP contribution in [0.3, 0.4) is 0 Å². The highest BCUT2D eigenvalue weighted by Crippen LogP contribution is 2.19. The highest BCUT2D eigenvalue weighted by atomic mass is 16.3. The Morgan fingerprint density at radius 3 is 2.35 bits per heavy atom. The van der Waals surface area contributed by atoms with Gasteiger partial charge in [-0.1, -0.05) is 50.1 Å². The van der Waals surface area contributed by atoms with Crippen molar-refractivity contribution in [1.29, 1.82) is 0 Å². The quantitative estimate of drug-likeness (QED) is 0.711. The van der Waals surface area contributed by atoms with Crippen molar-refractivity contribution in [2.75, 3.05) is 6.54 Å². The van der Waals surface area contributed by atoms with Crippen molar-refractivity contribution in [3.63, 3.8) is 0 Å². The zero-order valence-corrected chi connectivity index (χ0v) is 11.2. The fourth-order valence-electron chi connectivity index (χ4n) is 1.94. The molecule has 2 nitrogen and oxygen atoms in total. The second-order valence-corrected chi connectivity index (χ2v) is 4.68. The first kappa shape index (κ1) is 14.2. The number of aliphatic hydroxyl groups is 1. The van der Waals surface area contributed by atoms with Gasteiger partial charge in [-0.05, 0) is 31.9 Å². The van der Waals surface area contributed by atoms with E-state index in [9.17, 15) is 5.11 Å². The van der Waals surface area contributed by atoms with E-state index in [4.69, 9.17) is 0 Å². The molecule has 0 aliphatic carbocycles. The molecule has 0 bridgehead atoms. The van der Waals surface area contributed by atoms with Gasteiger partial charge in [-0.25, -0.2) is 0 Å². The number of aliphatic hydroxyl groups excluding tert-OH is 1. The summed E-state index contributed by atoms with van der Waals surface area (Å²) >= 11 is 0. The molecule has 1 aromatic rings. The molecule has 1 rings (SSSR count). The van der Waals surface area contributed by atoms with Gasteiger partial charge in [0.1, 0.15) is 0 Å². The van der Waals surface area contributed by atoms with Gasteiger partial charge >= 0.3 is 0 Å². The molecule has 0 saturated heterocycles. The van der Waals surface area contributed by atoms with Gasteiger partial charge in [0, 0.05) is 6.04 Å². The third-order valence-corrected chi connectivity index (χ3v) is 3.18. The minimum absolute atomic E-state index is 0.157. The first-order chi connectivity index (χ1) is 8.19. The molecular weight excluding hydrogens is 210 g/mol. The summed E-state index contributed by atoms with van der Waals surface area (Å²) in [6.45, 7) is 7.34. The summed E-state index contributed by atoms with van der Waals surface area (Å²) in [4.78, 5) is 0. The third-order valence-electron chi connectivity index (χ3n) is 3.18. The van der Waals surface area contributed by atoms with Gasteiger partial charge in [-0.2, -0.15) is 0 Å². The predicted molar refractivity (Wildman–Crippen MR) is 73.1 cm³/mol. The molecule has 2 atom stereocenters. The number of nitrogens with one attached hydrogen (secondary N) is 1. The van der Waals surface area contributed by atoms with Gasteiger partial charge in [-0.15, -0.1) is 0 Å². The lowest BCUT2D eigenvalue weighted by atomic mass is 9.99. The number of aryl methyl sites for hydroxylation is 1. The topological polar surface area (TPSA) is 32.3 Å². The molecule has 1 aromatic carbocycles. The summed E-state index contributed by atoms with van der Waals surface area (Å²) in [5.74, 6) is 0. The lowest BCUT2D eigenvalue weighted by molar-refractivity contribution is 0.126. The van der Waals surface area contributed by atoms with Crippen LogP contribution in [0.25, 0.3) is 0 Å². The molecule has 0 fully saturated rings. The second-order valence-electron chi connectivity index (χ2n) is 4.68. The number of rotatable bonds is 7. The van der Waals surface area contributed by atoms with E-state index in [-0.39, 0.29) is 6.04 Å². The van der Waals surface area contributed by atoms with Crippen molar-refractivity contribution >= 4 is 0 Å². The highest BCUT2D eigenvalue weighted by molar-refractivity contribution is 5.24. The molecule has 96 valence electrons. The van der Waals surface area contributed by atoms with Crippen molar-refractivity contribution in [3.05, 3.63) is 35.4 Å². The molecule has 0 radical (unpaired) electrons. The Morgan fingerprint density at radius 2 is 1.82 bits per heavy atom. The third kappa shape index (κ3) is 4.49. The Hall–Kier alpha value is -0.860. The largest absolute Gasteiger partial charge is 0.387 e. The SMILES string of the molecule is CCCCNC(CC)C(O)c1ccc(C)cc1. The van der Waals surface area contributed by atoms with E-state index in [0.29, 0.717) is 0 Å². The number of hydrogen-bond acceptors (Lipinski definition) is 2. The zero-order chi connectivity index (χ0) is 12.7. The van der Waals surface area contributed by atoms with E-state index in [1.54, 1.807) is 0 Å². The summed E-state index contributed by atoms with van der Waals surface area (Å²) in [7, 11) is 0. The Morgan fingerprint density at radius 1 is 1.18 bits per heavy atom. The summed E-state index contributed by atoms with van der Waals surface area (Å²) in [5.41, 5.74) is 2.24. The van der Waals surface area contributed by atoms with Crippen LogP contribution in [-0.2, 0) is 0 Å². The van der Waals surface area contributed by atoms with Crippen LogP contribution in [-0.4, -0.2) is 17.7 Å². The van der Waals surface area contributed by atoms with Crippen LogP contribution in [0.5, 0.6) is 0 Å². The minimum Gasteiger partial charge on any atom is -0.387 e. The molecule has 2 unspecified atom stereocenters. The Bertz CT molecular complexity index is 307. The normalized spacial score (nSPS) is 14.6. The van der Waals surface area contributed by atoms with Crippen LogP contribution in [0.15, 0.2) is 24.3 Å². The van der Waals surface area contributed by atoms with E-state index in [0.717, 1.165) is 24.9 Å². The van der Waals surface area contributed by atoms with Crippen LogP contribution in [0.4, 0.5) is 0 Å². The Labute approximate surface area is 105 Å². The predicted octanol–water partition coefficient (Wildman–Crippen LogP) is 3.20. The molecule has 2 heteroatoms. The van der Waals surface area contributed by atoms with Gasteiger partial charge in [-0.3, -0.25) is 0 Å². The van der Waals surface area contributed by atoms with Gasteiger partial charge in [0.15, 0.2) is 0 Å². The molecule has 0 amide bonds. The molecule has 0 heterocycles. The average molecular weight is 235 g/mol. The maximum absolute atomic E-state index is 10.3. The van der Waals surface area contributed by atoms with Crippen molar-refractivity contribution in [2.24, 2.45) is 0 Å². The smallest absolute Gasteiger partial charge is 0.0942 e. The van der Waals surface area contributed by atoms with Crippen LogP contribution in [0, 0.1) is 6.92 Å². The Balaban J connectivity index is 2.58. The fraction of sp³-hybridized carbons (Fsp3) is 0.600. The molecule has 0 spiro atoms. The molecule has 0 aromatic heterocycles. The van der Waals surface area contributed by atoms with E-state index >= 15 is 0 Å². The fourth-order valence-corrected chi connectivity index (χ4v) is 1.94. The van der Waals surface area contributed by atoms with Gasteiger partial charge < -0.3 is 10.4 Å². The van der Waals surface area contributed by atoms with Gasteiger partial charge in [0.25, 0.3) is 0 Å². The summed E-state index contributed by atoms with van der Waals surface area (Å²) in [6.07, 6.45) is 2.89. The number of unbranched alkanes of at least 4 members (excludes halogenated alkanes) is 1. The van der Waals surface area contributed by atoms with Crippen molar-refractivity contribution in [2.45, 2.75) is 52.2 Å². The van der Waals surface area contributed by atoms with Crippen molar-refractivity contribution in [3.8, 4) is 0 Å². The summed E-state index contributed by atoms with van der Waals surface area (Å²) in [6, 6.07) is 8.30. The van der Waals surface area contributed by atoms with Crippen LogP contribution in [0.1, 0.15) is 50.3 Å². The first-order valence-corrected chi connectivity index (χ1v) is 6.67. The minimum atomic E-state index is -0.405. The lowest BCUT2D eigenvalue weighted by Crippen LogP contribution is -2.35. The summed E-state index contributed by atoms with van der Waals surface area (Å²) in [5, 5.41) is 13.7. The lowest BCUT2D eigenvalue weighted by Gasteiger charge is -2.23. The first-order valence-electron chi connectivity index (χ1n) is 6.67. The van der Waals surface area contributed by atoms with Gasteiger partial charge in [0.2, 0.25) is 0 Å².